The molecule has 0 saturated carbocycles. The van der Waals surface area contributed by atoms with Gasteiger partial charge >= 0.3 is 0 Å². The highest BCUT2D eigenvalue weighted by Crippen LogP contribution is 2.30. The van der Waals surface area contributed by atoms with Crippen LogP contribution in [-0.4, -0.2) is 26.2 Å². The predicted molar refractivity (Wildman–Crippen MR) is 148 cm³/mol. The largest absolute Gasteiger partial charge is 0.301 e. The maximum absolute atomic E-state index is 13.3. The number of nitrogens with one attached hydrogen (secondary N) is 1. The van der Waals surface area contributed by atoms with E-state index in [1.165, 1.54) is 27.7 Å². The Bertz CT molecular complexity index is 1620. The molecule has 1 N–H and O–H groups in total. The molecule has 10 heteroatoms. The van der Waals surface area contributed by atoms with Crippen LogP contribution in [0, 0.1) is 0 Å². The van der Waals surface area contributed by atoms with Gasteiger partial charge < -0.3 is 5.32 Å². The molecule has 5 aromatic rings. The van der Waals surface area contributed by atoms with Gasteiger partial charge in [0.2, 0.25) is 5.91 Å². The first kappa shape index (κ1) is 24.5. The van der Waals surface area contributed by atoms with Crippen LogP contribution in [0.2, 0.25) is 10.0 Å². The van der Waals surface area contributed by atoms with Crippen molar-refractivity contribution in [1.29, 1.82) is 0 Å². The Kier molecular flexibility index (Phi) is 7.38. The standard InChI is InChI=1S/C26H18Cl2N4O2S2/c27-20-11-6-7-16(23(20)28)13-18-14-29-25(36-18)31-22(33)15-35-26-30-21-12-5-4-10-19(21)24(34)32(26)17-8-2-1-3-9-17/h1-12,14H,13,15H2,(H,29,31,33). The van der Waals surface area contributed by atoms with Crippen molar-refractivity contribution in [3.63, 3.8) is 0 Å². The van der Waals surface area contributed by atoms with Crippen molar-refractivity contribution >= 4 is 68.2 Å². The van der Waals surface area contributed by atoms with Gasteiger partial charge in [-0.25, -0.2) is 9.97 Å². The minimum atomic E-state index is -0.247. The van der Waals surface area contributed by atoms with Crippen LogP contribution in [0.15, 0.2) is 88.9 Å². The molecule has 0 atom stereocenters. The number of rotatable bonds is 7. The second-order valence-electron chi connectivity index (χ2n) is 7.75. The van der Waals surface area contributed by atoms with Crippen LogP contribution in [0.5, 0.6) is 0 Å². The van der Waals surface area contributed by atoms with Gasteiger partial charge in [-0.05, 0) is 35.9 Å². The number of thiazole rings is 1. The molecule has 0 fully saturated rings. The average molecular weight is 553 g/mol. The SMILES string of the molecule is O=C(CSc1nc2ccccc2c(=O)n1-c1ccccc1)Nc1ncc(Cc2cccc(Cl)c2Cl)s1. The van der Waals surface area contributed by atoms with Crippen LogP contribution in [0.4, 0.5) is 5.13 Å². The number of carbonyl (C=O) groups is 1. The molecule has 0 aliphatic heterocycles. The number of fused-ring (bicyclic) bond motifs is 1. The van der Waals surface area contributed by atoms with Crippen LogP contribution in [-0.2, 0) is 11.2 Å². The lowest BCUT2D eigenvalue weighted by atomic mass is 10.1. The Morgan fingerprint density at radius 2 is 1.78 bits per heavy atom. The first-order valence-electron chi connectivity index (χ1n) is 10.9. The summed E-state index contributed by atoms with van der Waals surface area (Å²) >= 11 is 15.0. The number of para-hydroxylation sites is 2. The molecule has 180 valence electrons. The lowest BCUT2D eigenvalue weighted by Crippen LogP contribution is -2.22. The molecule has 0 aliphatic carbocycles. The zero-order chi connectivity index (χ0) is 25.1. The second-order valence-corrected chi connectivity index (χ2v) is 10.6. The Morgan fingerprint density at radius 1 is 1.00 bits per heavy atom. The number of aromatic nitrogens is 3. The van der Waals surface area contributed by atoms with E-state index in [4.69, 9.17) is 23.2 Å². The summed E-state index contributed by atoms with van der Waals surface area (Å²) < 4.78 is 1.54. The van der Waals surface area contributed by atoms with Crippen molar-refractivity contribution < 1.29 is 4.79 Å². The van der Waals surface area contributed by atoms with Gasteiger partial charge in [-0.2, -0.15) is 0 Å². The molecule has 6 nitrogen and oxygen atoms in total. The van der Waals surface area contributed by atoms with Crippen LogP contribution in [0.1, 0.15) is 10.4 Å². The molecule has 0 spiro atoms. The van der Waals surface area contributed by atoms with Crippen LogP contribution >= 0.6 is 46.3 Å². The van der Waals surface area contributed by atoms with Gasteiger partial charge in [0.05, 0.1) is 32.4 Å². The molecule has 0 aliphatic rings. The van der Waals surface area contributed by atoms with E-state index < -0.39 is 0 Å². The van der Waals surface area contributed by atoms with E-state index in [1.54, 1.807) is 24.4 Å². The number of thioether (sulfide) groups is 1. The highest BCUT2D eigenvalue weighted by molar-refractivity contribution is 7.99. The molecule has 3 aromatic carbocycles. The number of nitrogens with zero attached hydrogens (tertiary/aromatic N) is 3. The zero-order valence-corrected chi connectivity index (χ0v) is 21.8. The molecular formula is C26H18Cl2N4O2S2. The lowest BCUT2D eigenvalue weighted by Gasteiger charge is -2.13. The molecule has 0 saturated heterocycles. The molecule has 0 bridgehead atoms. The number of halogens is 2. The average Bonchev–Trinajstić information content (AvgIpc) is 3.32. The summed E-state index contributed by atoms with van der Waals surface area (Å²) in [6.07, 6.45) is 2.27. The van der Waals surface area contributed by atoms with Crippen molar-refractivity contribution in [2.24, 2.45) is 0 Å². The first-order chi connectivity index (χ1) is 17.5. The molecule has 0 radical (unpaired) electrons. The van der Waals surface area contributed by atoms with Crippen molar-refractivity contribution in [3.8, 4) is 5.69 Å². The van der Waals surface area contributed by atoms with Gasteiger partial charge in [0.1, 0.15) is 0 Å². The van der Waals surface area contributed by atoms with E-state index in [0.29, 0.717) is 43.3 Å². The zero-order valence-electron chi connectivity index (χ0n) is 18.7. The van der Waals surface area contributed by atoms with Crippen molar-refractivity contribution in [3.05, 3.63) is 110 Å². The van der Waals surface area contributed by atoms with E-state index >= 15 is 0 Å². The van der Waals surface area contributed by atoms with Gasteiger partial charge in [-0.15, -0.1) is 11.3 Å². The summed E-state index contributed by atoms with van der Waals surface area (Å²) in [5.41, 5.74) is 1.98. The summed E-state index contributed by atoms with van der Waals surface area (Å²) in [5.74, 6) is -0.184. The number of amides is 1. The molecular weight excluding hydrogens is 535 g/mol. The normalized spacial score (nSPS) is 11.1. The number of anilines is 1. The smallest absolute Gasteiger partial charge is 0.266 e. The topological polar surface area (TPSA) is 76.9 Å². The number of carbonyl (C=O) groups excluding carboxylic acids is 1. The highest BCUT2D eigenvalue weighted by atomic mass is 35.5. The molecule has 0 unspecified atom stereocenters. The highest BCUT2D eigenvalue weighted by Gasteiger charge is 2.16. The van der Waals surface area contributed by atoms with E-state index in [9.17, 15) is 9.59 Å². The molecule has 5 rings (SSSR count). The summed E-state index contributed by atoms with van der Waals surface area (Å²) in [5, 5.41) is 5.29. The second kappa shape index (κ2) is 10.8. The fourth-order valence-corrected chi connectivity index (χ4v) is 5.67. The minimum Gasteiger partial charge on any atom is -0.301 e. The minimum absolute atomic E-state index is 0.0622. The third-order valence-electron chi connectivity index (χ3n) is 5.29. The Labute approximate surface area is 224 Å². The van der Waals surface area contributed by atoms with Crippen molar-refractivity contribution in [1.82, 2.24) is 14.5 Å². The molecule has 1 amide bonds. The quantitative estimate of drug-likeness (QED) is 0.185. The fraction of sp³-hybridized carbons (Fsp3) is 0.0769. The van der Waals surface area contributed by atoms with Gasteiger partial charge in [0, 0.05) is 17.5 Å². The number of benzene rings is 3. The van der Waals surface area contributed by atoms with Gasteiger partial charge in [-0.1, -0.05) is 77.4 Å². The van der Waals surface area contributed by atoms with E-state index in [0.717, 1.165) is 10.4 Å². The Morgan fingerprint density at radius 3 is 2.61 bits per heavy atom. The Balaban J connectivity index is 1.32. The van der Waals surface area contributed by atoms with Gasteiger partial charge in [-0.3, -0.25) is 14.2 Å². The van der Waals surface area contributed by atoms with Crippen molar-refractivity contribution in [2.45, 2.75) is 11.6 Å². The summed E-state index contributed by atoms with van der Waals surface area (Å²) in [4.78, 5) is 35.9. The third-order valence-corrected chi connectivity index (χ3v) is 8.00. The first-order valence-corrected chi connectivity index (χ1v) is 13.4. The van der Waals surface area contributed by atoms with Crippen LogP contribution in [0.25, 0.3) is 16.6 Å². The summed E-state index contributed by atoms with van der Waals surface area (Å²) in [6.45, 7) is 0. The van der Waals surface area contributed by atoms with Crippen LogP contribution < -0.4 is 10.9 Å². The van der Waals surface area contributed by atoms with Gasteiger partial charge in [0.25, 0.3) is 5.56 Å². The lowest BCUT2D eigenvalue weighted by molar-refractivity contribution is -0.113. The number of hydrogen-bond donors (Lipinski definition) is 1. The summed E-state index contributed by atoms with van der Waals surface area (Å²) in [7, 11) is 0. The third kappa shape index (κ3) is 5.32. The van der Waals surface area contributed by atoms with E-state index in [2.05, 4.69) is 15.3 Å². The fourth-order valence-electron chi connectivity index (χ4n) is 3.62. The molecule has 2 heterocycles. The van der Waals surface area contributed by atoms with Crippen molar-refractivity contribution in [2.75, 3.05) is 11.1 Å². The maximum Gasteiger partial charge on any atom is 0.266 e. The van der Waals surface area contributed by atoms with Crippen LogP contribution in [0.3, 0.4) is 0 Å². The summed E-state index contributed by atoms with van der Waals surface area (Å²) in [6, 6.07) is 22.0. The van der Waals surface area contributed by atoms with E-state index in [1.807, 2.05) is 54.6 Å². The maximum atomic E-state index is 13.3. The Hall–Kier alpha value is -3.17. The monoisotopic (exact) mass is 552 g/mol. The van der Waals surface area contributed by atoms with E-state index in [-0.39, 0.29) is 17.2 Å². The molecule has 36 heavy (non-hydrogen) atoms. The number of hydrogen-bond acceptors (Lipinski definition) is 6. The predicted octanol–water partition coefficient (Wildman–Crippen LogP) is 6.47. The van der Waals surface area contributed by atoms with Gasteiger partial charge in [0.15, 0.2) is 10.3 Å². The molecule has 2 aromatic heterocycles.